The molecule has 0 aromatic carbocycles. The number of rotatable bonds is 68. The first-order valence-electron chi connectivity index (χ1n) is 41.3. The molecule has 4 atom stereocenters. The van der Waals surface area contributed by atoms with Gasteiger partial charge in [0.15, 0.2) is 0 Å². The molecule has 9 heteroatoms. The van der Waals surface area contributed by atoms with Crippen LogP contribution in [0.4, 0.5) is 0 Å². The maximum atomic E-state index is 11.1. The van der Waals surface area contributed by atoms with Gasteiger partial charge in [0.1, 0.15) is 0 Å². The van der Waals surface area contributed by atoms with Crippen molar-refractivity contribution in [1.29, 1.82) is 0 Å². The molecule has 0 aromatic heterocycles. The maximum absolute atomic E-state index is 11.1. The summed E-state index contributed by atoms with van der Waals surface area (Å²) in [5.74, 6) is -2.01. The fraction of sp³-hybridized carbons (Fsp3) is 0.952. The van der Waals surface area contributed by atoms with Crippen LogP contribution in [0.3, 0.4) is 0 Å². The number of carboxylic acid groups (broad SMARTS) is 4. The zero-order chi connectivity index (χ0) is 69.4. The molecule has 0 saturated carbocycles. The molecule has 4 N–H and O–H groups in total. The Morgan fingerprint density at radius 2 is 0.269 bits per heavy atom. The van der Waals surface area contributed by atoms with Crippen molar-refractivity contribution in [1.82, 2.24) is 0 Å². The summed E-state index contributed by atoms with van der Waals surface area (Å²) >= 11 is 0. The summed E-state index contributed by atoms with van der Waals surface area (Å²) in [7, 11) is 0. The monoisotopic (exact) mass is 1350 g/mol. The van der Waals surface area contributed by atoms with Crippen molar-refractivity contribution in [3.63, 3.8) is 0 Å². The summed E-state index contributed by atoms with van der Waals surface area (Å²) < 4.78 is 0. The molecule has 0 spiro atoms. The van der Waals surface area contributed by atoms with Gasteiger partial charge >= 0.3 is 23.9 Å². The summed E-state index contributed by atoms with van der Waals surface area (Å²) in [6.07, 6.45) is 79.1. The zero-order valence-corrected chi connectivity index (χ0v) is 66.5. The van der Waals surface area contributed by atoms with Gasteiger partial charge in [0.2, 0.25) is 0 Å². The molecule has 0 saturated heterocycles. The minimum absolute atomic E-state index is 0. The van der Waals surface area contributed by atoms with Gasteiger partial charge in [-0.2, -0.15) is 0 Å². The minimum atomic E-state index is -0.616. The van der Waals surface area contributed by atoms with Gasteiger partial charge in [-0.05, 0) is 49.4 Å². The average molecular weight is 1350 g/mol. The fourth-order valence-electron chi connectivity index (χ4n) is 13.2. The molecule has 0 fully saturated rings. The molecule has 93 heavy (non-hydrogen) atoms. The first kappa shape index (κ1) is 100. The third-order valence-corrected chi connectivity index (χ3v) is 20.0. The molecule has 0 rings (SSSR count). The second kappa shape index (κ2) is 81.3. The SMILES string of the molecule is CCCCCCCCCCCCCCCCC(C(=O)O)C(C)C.CCCCCCCCCCCCCCCCC(C(=O)O)C(C)C.CCCCCCCCCCCCCCCCC(C(=O)O)C(C)C.CCCCCCCCCCCCCCCCC(C(=O)O)C(C)C.[Ti]. The molecule has 0 amide bonds. The molecule has 4 unspecified atom stereocenters. The van der Waals surface area contributed by atoms with Crippen molar-refractivity contribution in [3.8, 4) is 0 Å². The van der Waals surface area contributed by atoms with E-state index in [2.05, 4.69) is 27.7 Å². The van der Waals surface area contributed by atoms with Crippen molar-refractivity contribution in [2.75, 3.05) is 0 Å². The van der Waals surface area contributed by atoms with E-state index in [1.807, 2.05) is 55.4 Å². The number of hydrogen-bond donors (Lipinski definition) is 4. The van der Waals surface area contributed by atoms with Crippen LogP contribution < -0.4 is 0 Å². The molecule has 0 heterocycles. The molecule has 0 bridgehead atoms. The van der Waals surface area contributed by atoms with Crippen molar-refractivity contribution < 1.29 is 61.3 Å². The molecule has 0 aliphatic rings. The Labute approximate surface area is 597 Å². The predicted octanol–water partition coefficient (Wildman–Crippen LogP) is 28.9. The molecule has 0 aromatic rings. The summed E-state index contributed by atoms with van der Waals surface area (Å²) in [6, 6.07) is 0. The predicted molar refractivity (Wildman–Crippen MR) is 404 cm³/mol. The van der Waals surface area contributed by atoms with Crippen molar-refractivity contribution in [3.05, 3.63) is 0 Å². The van der Waals surface area contributed by atoms with Gasteiger partial charge in [0.05, 0.1) is 23.7 Å². The van der Waals surface area contributed by atoms with E-state index in [9.17, 15) is 19.2 Å². The van der Waals surface area contributed by atoms with Gasteiger partial charge < -0.3 is 20.4 Å². The summed E-state index contributed by atoms with van der Waals surface area (Å²) in [5, 5.41) is 36.6. The minimum Gasteiger partial charge on any atom is -0.481 e. The van der Waals surface area contributed by atoms with E-state index in [0.717, 1.165) is 51.4 Å². The van der Waals surface area contributed by atoms with Crippen LogP contribution >= 0.6 is 0 Å². The summed E-state index contributed by atoms with van der Waals surface area (Å²) in [6.45, 7) is 25.2. The van der Waals surface area contributed by atoms with Crippen LogP contribution in [0, 0.1) is 47.3 Å². The second-order valence-corrected chi connectivity index (χ2v) is 30.3. The Morgan fingerprint density at radius 3 is 0.344 bits per heavy atom. The Kier molecular flexibility index (Phi) is 87.6. The largest absolute Gasteiger partial charge is 0.481 e. The molecule has 0 aliphatic carbocycles. The van der Waals surface area contributed by atoms with Crippen LogP contribution in [0.2, 0.25) is 0 Å². The summed E-state index contributed by atoms with van der Waals surface area (Å²) in [4.78, 5) is 44.4. The standard InChI is InChI=1S/4C21H42O2.Ti/c4*1-4-5-6-7-8-9-10-11-12-13-14-15-16-17-18-20(19(2)3)21(22)23;/h4*19-20H,4-18H2,1-3H3,(H,22,23);. The number of aliphatic carboxylic acids is 4. The van der Waals surface area contributed by atoms with E-state index in [1.165, 1.54) is 334 Å². The van der Waals surface area contributed by atoms with E-state index in [4.69, 9.17) is 20.4 Å². The first-order valence-corrected chi connectivity index (χ1v) is 41.3. The Hall–Kier alpha value is -1.41. The third kappa shape index (κ3) is 79.5. The number of carbonyl (C=O) groups is 4. The Bertz CT molecular complexity index is 1270. The molecule has 0 radical (unpaired) electrons. The second-order valence-electron chi connectivity index (χ2n) is 30.3. The van der Waals surface area contributed by atoms with Gasteiger partial charge in [-0.3, -0.25) is 19.2 Å². The molecule has 0 aliphatic heterocycles. The number of carboxylic acids is 4. The normalized spacial score (nSPS) is 12.6. The van der Waals surface area contributed by atoms with E-state index < -0.39 is 23.9 Å². The smallest absolute Gasteiger partial charge is 0.306 e. The van der Waals surface area contributed by atoms with E-state index >= 15 is 0 Å². The van der Waals surface area contributed by atoms with Crippen LogP contribution in [-0.2, 0) is 40.9 Å². The quantitative estimate of drug-likeness (QED) is 0.0347. The maximum Gasteiger partial charge on any atom is 0.306 e. The zero-order valence-electron chi connectivity index (χ0n) is 65.0. The van der Waals surface area contributed by atoms with Crippen LogP contribution in [0.15, 0.2) is 0 Å². The van der Waals surface area contributed by atoms with Crippen molar-refractivity contribution in [2.24, 2.45) is 47.3 Å². The number of hydrogen-bond acceptors (Lipinski definition) is 4. The van der Waals surface area contributed by atoms with Gasteiger partial charge in [-0.25, -0.2) is 0 Å². The fourth-order valence-corrected chi connectivity index (χ4v) is 13.2. The van der Waals surface area contributed by atoms with E-state index in [0.29, 0.717) is 0 Å². The molecular weight excluding hydrogens is 1180 g/mol. The Morgan fingerprint density at radius 1 is 0.183 bits per heavy atom. The summed E-state index contributed by atoms with van der Waals surface area (Å²) in [5.41, 5.74) is 0. The molecular formula is C84H168O8Ti. The molecule has 556 valence electrons. The van der Waals surface area contributed by atoms with Gasteiger partial charge in [0.25, 0.3) is 0 Å². The Balaban J connectivity index is -0.000000369. The average Bonchev–Trinajstić information content (AvgIpc) is 3.67. The van der Waals surface area contributed by atoms with Crippen LogP contribution in [0.25, 0.3) is 0 Å². The van der Waals surface area contributed by atoms with Gasteiger partial charge in [-0.15, -0.1) is 0 Å². The number of unbranched alkanes of at least 4 members (excludes halogenated alkanes) is 52. The van der Waals surface area contributed by atoms with Gasteiger partial charge in [-0.1, -0.05) is 443 Å². The first-order chi connectivity index (χ1) is 44.4. The van der Waals surface area contributed by atoms with E-state index in [1.54, 1.807) is 0 Å². The third-order valence-electron chi connectivity index (χ3n) is 20.0. The van der Waals surface area contributed by atoms with Gasteiger partial charge in [0, 0.05) is 21.7 Å². The topological polar surface area (TPSA) is 149 Å². The van der Waals surface area contributed by atoms with Crippen LogP contribution in [-0.4, -0.2) is 44.3 Å². The van der Waals surface area contributed by atoms with Crippen LogP contribution in [0.1, 0.15) is 468 Å². The van der Waals surface area contributed by atoms with Crippen molar-refractivity contribution >= 4 is 23.9 Å². The molecule has 8 nitrogen and oxygen atoms in total. The van der Waals surface area contributed by atoms with Crippen LogP contribution in [0.5, 0.6) is 0 Å². The van der Waals surface area contributed by atoms with E-state index in [-0.39, 0.29) is 69.1 Å². The van der Waals surface area contributed by atoms with Crippen molar-refractivity contribution in [2.45, 2.75) is 468 Å².